The van der Waals surface area contributed by atoms with Gasteiger partial charge in [0.2, 0.25) is 0 Å². The van der Waals surface area contributed by atoms with Gasteiger partial charge in [0.05, 0.1) is 16.8 Å². The molecule has 3 heterocycles. The Morgan fingerprint density at radius 2 is 2.18 bits per heavy atom. The highest BCUT2D eigenvalue weighted by molar-refractivity contribution is 7.89. The van der Waals surface area contributed by atoms with Crippen LogP contribution in [0.3, 0.4) is 0 Å². The maximum absolute atomic E-state index is 12.4. The van der Waals surface area contributed by atoms with E-state index in [1.807, 2.05) is 0 Å². The molecular weight excluding hydrogens is 326 g/mol. The second kappa shape index (κ2) is 5.11. The summed E-state index contributed by atoms with van der Waals surface area (Å²) >= 11 is 1.06. The summed E-state index contributed by atoms with van der Waals surface area (Å²) in [5.74, 6) is -1.08. The van der Waals surface area contributed by atoms with Gasteiger partial charge in [-0.1, -0.05) is 0 Å². The molecule has 2 aromatic heterocycles. The van der Waals surface area contributed by atoms with E-state index in [2.05, 4.69) is 10.3 Å². The number of carbonyl (C=O) groups is 1. The average molecular weight is 337 g/mol. The number of anilines is 1. The van der Waals surface area contributed by atoms with E-state index in [0.29, 0.717) is 5.69 Å². The number of nitrogens with one attached hydrogen (secondary N) is 1. The second-order valence-corrected chi connectivity index (χ2v) is 7.33. The standard InChI is InChI=1S/C13H11N3O4S2/c1-16-10(13(18)15-8-3-2-5-14-7-8)11(17)12-9(4-6-21-12)22(16,19)20/h2-7,17H,1H3,(H,15,18). The van der Waals surface area contributed by atoms with Gasteiger partial charge in [0.1, 0.15) is 4.90 Å². The number of rotatable bonds is 2. The van der Waals surface area contributed by atoms with E-state index in [0.717, 1.165) is 15.6 Å². The molecule has 0 saturated carbocycles. The number of nitrogens with zero attached hydrogens (tertiary/aromatic N) is 2. The number of aliphatic hydroxyl groups excluding tert-OH is 1. The summed E-state index contributed by atoms with van der Waals surface area (Å²) in [6, 6.07) is 4.64. The number of aromatic nitrogens is 1. The number of sulfonamides is 1. The summed E-state index contributed by atoms with van der Waals surface area (Å²) in [4.78, 5) is 16.4. The second-order valence-electron chi connectivity index (χ2n) is 4.48. The first-order chi connectivity index (χ1) is 10.4. The average Bonchev–Trinajstić information content (AvgIpc) is 2.97. The van der Waals surface area contributed by atoms with Crippen LogP contribution in [0.4, 0.5) is 5.69 Å². The number of hydrogen-bond acceptors (Lipinski definition) is 6. The zero-order chi connectivity index (χ0) is 15.9. The topological polar surface area (TPSA) is 99.6 Å². The Morgan fingerprint density at radius 1 is 1.41 bits per heavy atom. The number of thiophene rings is 1. The molecule has 0 fully saturated rings. The largest absolute Gasteiger partial charge is 0.504 e. The summed E-state index contributed by atoms with van der Waals surface area (Å²) in [5, 5.41) is 14.3. The molecule has 1 aliphatic rings. The minimum atomic E-state index is -3.85. The smallest absolute Gasteiger partial charge is 0.276 e. The van der Waals surface area contributed by atoms with E-state index in [-0.39, 0.29) is 21.2 Å². The number of hydrogen-bond donors (Lipinski definition) is 2. The van der Waals surface area contributed by atoms with Crippen LogP contribution in [-0.2, 0) is 14.8 Å². The zero-order valence-electron chi connectivity index (χ0n) is 11.3. The maximum atomic E-state index is 12.4. The first-order valence-electron chi connectivity index (χ1n) is 6.14. The number of amides is 1. The SMILES string of the molecule is CN1C(C(=O)Nc2cccnc2)=C(O)c2sccc2S1(=O)=O. The molecule has 0 aliphatic carbocycles. The first-order valence-corrected chi connectivity index (χ1v) is 8.46. The fraction of sp³-hybridized carbons (Fsp3) is 0.0769. The number of pyridine rings is 1. The predicted octanol–water partition coefficient (Wildman–Crippen LogP) is 1.64. The molecule has 114 valence electrons. The molecular formula is C13H11N3O4S2. The molecule has 0 unspecified atom stereocenters. The van der Waals surface area contributed by atoms with Gasteiger partial charge >= 0.3 is 0 Å². The van der Waals surface area contributed by atoms with Gasteiger partial charge in [0.15, 0.2) is 11.5 Å². The van der Waals surface area contributed by atoms with Crippen molar-refractivity contribution in [2.45, 2.75) is 4.90 Å². The highest BCUT2D eigenvalue weighted by Gasteiger charge is 2.38. The van der Waals surface area contributed by atoms with Crippen LogP contribution in [0.15, 0.2) is 46.6 Å². The van der Waals surface area contributed by atoms with Gasteiger partial charge in [0.25, 0.3) is 15.9 Å². The Kier molecular flexibility index (Phi) is 3.38. The molecule has 0 atom stereocenters. The fourth-order valence-electron chi connectivity index (χ4n) is 2.08. The van der Waals surface area contributed by atoms with Crippen LogP contribution < -0.4 is 5.32 Å². The van der Waals surface area contributed by atoms with Crippen molar-refractivity contribution in [1.29, 1.82) is 0 Å². The third-order valence-corrected chi connectivity index (χ3v) is 6.01. The lowest BCUT2D eigenvalue weighted by molar-refractivity contribution is -0.113. The zero-order valence-corrected chi connectivity index (χ0v) is 13.0. The summed E-state index contributed by atoms with van der Waals surface area (Å²) in [6.45, 7) is 0. The van der Waals surface area contributed by atoms with Crippen LogP contribution in [0.5, 0.6) is 0 Å². The summed E-state index contributed by atoms with van der Waals surface area (Å²) in [5.41, 5.74) is 0.0781. The first kappa shape index (κ1) is 14.5. The predicted molar refractivity (Wildman–Crippen MR) is 81.7 cm³/mol. The van der Waals surface area contributed by atoms with Crippen LogP contribution in [-0.4, -0.2) is 35.8 Å². The van der Waals surface area contributed by atoms with Crippen molar-refractivity contribution in [3.05, 3.63) is 46.5 Å². The van der Waals surface area contributed by atoms with Gasteiger partial charge in [0, 0.05) is 13.2 Å². The lowest BCUT2D eigenvalue weighted by atomic mass is 10.2. The highest BCUT2D eigenvalue weighted by atomic mass is 32.2. The molecule has 22 heavy (non-hydrogen) atoms. The molecule has 2 aromatic rings. The third-order valence-electron chi connectivity index (χ3n) is 3.16. The quantitative estimate of drug-likeness (QED) is 0.868. The van der Waals surface area contributed by atoms with Crippen molar-refractivity contribution in [3.63, 3.8) is 0 Å². The highest BCUT2D eigenvalue weighted by Crippen LogP contribution is 2.38. The number of fused-ring (bicyclic) bond motifs is 1. The number of likely N-dealkylation sites (N-methyl/N-ethyl adjacent to an activating group) is 1. The molecule has 0 aromatic carbocycles. The van der Waals surface area contributed by atoms with Gasteiger partial charge in [-0.05, 0) is 23.6 Å². The van der Waals surface area contributed by atoms with Gasteiger partial charge in [-0.25, -0.2) is 8.42 Å². The number of aliphatic hydroxyl groups is 1. The van der Waals surface area contributed by atoms with Crippen molar-refractivity contribution in [2.75, 3.05) is 12.4 Å². The van der Waals surface area contributed by atoms with E-state index in [1.54, 1.807) is 23.7 Å². The molecule has 0 spiro atoms. The Morgan fingerprint density at radius 3 is 2.86 bits per heavy atom. The lowest BCUT2D eigenvalue weighted by Gasteiger charge is -2.26. The van der Waals surface area contributed by atoms with E-state index in [4.69, 9.17) is 0 Å². The Labute approximate surface area is 130 Å². The van der Waals surface area contributed by atoms with Crippen molar-refractivity contribution < 1.29 is 18.3 Å². The van der Waals surface area contributed by atoms with E-state index in [1.165, 1.54) is 19.3 Å². The van der Waals surface area contributed by atoms with Crippen molar-refractivity contribution in [1.82, 2.24) is 9.29 Å². The molecule has 1 amide bonds. The maximum Gasteiger partial charge on any atom is 0.276 e. The molecule has 7 nitrogen and oxygen atoms in total. The molecule has 2 N–H and O–H groups in total. The van der Waals surface area contributed by atoms with Gasteiger partial charge in [-0.2, -0.15) is 0 Å². The Balaban J connectivity index is 2.06. The van der Waals surface area contributed by atoms with Gasteiger partial charge in [-0.3, -0.25) is 14.1 Å². The van der Waals surface area contributed by atoms with Gasteiger partial charge in [-0.15, -0.1) is 11.3 Å². The van der Waals surface area contributed by atoms with Crippen molar-refractivity contribution in [3.8, 4) is 0 Å². The Hall–Kier alpha value is -2.39. The van der Waals surface area contributed by atoms with Crippen LogP contribution in [0.2, 0.25) is 0 Å². The molecule has 0 radical (unpaired) electrons. The third kappa shape index (κ3) is 2.14. The molecule has 0 saturated heterocycles. The summed E-state index contributed by atoms with van der Waals surface area (Å²) in [6.07, 6.45) is 2.96. The monoisotopic (exact) mass is 337 g/mol. The molecule has 1 aliphatic heterocycles. The van der Waals surface area contributed by atoms with Crippen LogP contribution in [0.25, 0.3) is 5.76 Å². The minimum Gasteiger partial charge on any atom is -0.504 e. The molecule has 0 bridgehead atoms. The van der Waals surface area contributed by atoms with Crippen LogP contribution in [0.1, 0.15) is 4.88 Å². The van der Waals surface area contributed by atoms with Gasteiger partial charge < -0.3 is 10.4 Å². The normalized spacial score (nSPS) is 16.3. The molecule has 3 rings (SSSR count). The van der Waals surface area contributed by atoms with Crippen LogP contribution in [0, 0.1) is 0 Å². The van der Waals surface area contributed by atoms with E-state index in [9.17, 15) is 18.3 Å². The lowest BCUT2D eigenvalue weighted by Crippen LogP contribution is -2.36. The Bertz CT molecular complexity index is 872. The van der Waals surface area contributed by atoms with Crippen LogP contribution >= 0.6 is 11.3 Å². The van der Waals surface area contributed by atoms with Crippen molar-refractivity contribution >= 4 is 38.7 Å². The number of carbonyl (C=O) groups excluding carboxylic acids is 1. The summed E-state index contributed by atoms with van der Waals surface area (Å²) < 4.78 is 25.5. The molecule has 9 heteroatoms. The van der Waals surface area contributed by atoms with Crippen molar-refractivity contribution in [2.24, 2.45) is 0 Å². The minimum absolute atomic E-state index is 0.00423. The van der Waals surface area contributed by atoms with E-state index < -0.39 is 15.9 Å². The summed E-state index contributed by atoms with van der Waals surface area (Å²) in [7, 11) is -2.62. The van der Waals surface area contributed by atoms with E-state index >= 15 is 0 Å². The fourth-order valence-corrected chi connectivity index (χ4v) is 4.63.